The number of nitrogens with zero attached hydrogens (tertiary/aromatic N) is 5. The predicted molar refractivity (Wildman–Crippen MR) is 70.7 cm³/mol. The summed E-state index contributed by atoms with van der Waals surface area (Å²) in [5, 5.41) is 19.2. The Balaban J connectivity index is 1.42. The number of nitrogens with one attached hydrogen (secondary N) is 1. The summed E-state index contributed by atoms with van der Waals surface area (Å²) in [4.78, 5) is 0. The maximum absolute atomic E-state index is 4.36. The lowest BCUT2D eigenvalue weighted by atomic mass is 9.85. The maximum atomic E-state index is 4.36. The summed E-state index contributed by atoms with van der Waals surface area (Å²) in [5.74, 6) is 2.66. The molecule has 19 heavy (non-hydrogen) atoms. The Bertz CT molecular complexity index is 573. The van der Waals surface area contributed by atoms with Crippen molar-refractivity contribution in [2.24, 2.45) is 11.8 Å². The van der Waals surface area contributed by atoms with Crippen LogP contribution >= 0.6 is 0 Å². The van der Waals surface area contributed by atoms with Gasteiger partial charge in [-0.15, -0.1) is 14.8 Å². The third-order valence-electron chi connectivity index (χ3n) is 4.50. The van der Waals surface area contributed by atoms with Gasteiger partial charge in [0.15, 0.2) is 5.65 Å². The molecule has 0 amide bonds. The summed E-state index contributed by atoms with van der Waals surface area (Å²) >= 11 is 0. The molecular formula is C13H18N6. The molecule has 0 unspecified atom stereocenters. The van der Waals surface area contributed by atoms with E-state index < -0.39 is 0 Å². The molecule has 6 heteroatoms. The van der Waals surface area contributed by atoms with Crippen LogP contribution in [0.3, 0.4) is 0 Å². The monoisotopic (exact) mass is 258 g/mol. The van der Waals surface area contributed by atoms with E-state index in [0.29, 0.717) is 11.7 Å². The number of hydrogen-bond acceptors (Lipinski definition) is 5. The molecule has 0 radical (unpaired) electrons. The van der Waals surface area contributed by atoms with Gasteiger partial charge in [0.1, 0.15) is 5.82 Å². The van der Waals surface area contributed by atoms with Crippen LogP contribution < -0.4 is 5.32 Å². The van der Waals surface area contributed by atoms with E-state index in [1.54, 1.807) is 0 Å². The Kier molecular flexibility index (Phi) is 2.60. The zero-order valence-electron chi connectivity index (χ0n) is 10.9. The van der Waals surface area contributed by atoms with E-state index in [0.717, 1.165) is 17.7 Å². The number of fused-ring (bicyclic) bond motifs is 1. The fraction of sp³-hybridized carbons (Fsp3) is 0.692. The zero-order valence-corrected chi connectivity index (χ0v) is 10.9. The second-order valence-electron chi connectivity index (χ2n) is 5.79. The zero-order chi connectivity index (χ0) is 12.7. The molecule has 2 aromatic rings. The molecular weight excluding hydrogens is 240 g/mol. The first-order valence-electron chi connectivity index (χ1n) is 7.22. The van der Waals surface area contributed by atoms with Gasteiger partial charge in [0.25, 0.3) is 0 Å². The van der Waals surface area contributed by atoms with Crippen molar-refractivity contribution in [1.82, 2.24) is 25.3 Å². The largest absolute Gasteiger partial charge is 0.366 e. The molecule has 4 rings (SSSR count). The van der Waals surface area contributed by atoms with Crippen LogP contribution in [0.4, 0.5) is 5.82 Å². The minimum Gasteiger partial charge on any atom is -0.366 e. The molecule has 2 aromatic heterocycles. The van der Waals surface area contributed by atoms with Gasteiger partial charge in [0.05, 0.1) is 0 Å². The number of aromatic nitrogens is 5. The van der Waals surface area contributed by atoms with Crippen LogP contribution in [0.25, 0.3) is 5.65 Å². The third kappa shape index (κ3) is 2.15. The normalized spacial score (nSPS) is 27.6. The van der Waals surface area contributed by atoms with Gasteiger partial charge in [0.2, 0.25) is 0 Å². The molecule has 0 saturated heterocycles. The first kappa shape index (κ1) is 11.1. The molecule has 2 heterocycles. The molecule has 2 fully saturated rings. The standard InChI is InChI=1S/C13H18N6/c1-2-4-9(5-3-1)10-8-11(10)14-12-6-7-13-15-17-18-19(13)16-12/h6-7,9-11H,1-5,8H2,(H,14,16)/t10-,11-/m1/s1. The van der Waals surface area contributed by atoms with Gasteiger partial charge in [-0.3, -0.25) is 0 Å². The minimum atomic E-state index is 0.601. The van der Waals surface area contributed by atoms with Gasteiger partial charge in [-0.2, -0.15) is 0 Å². The van der Waals surface area contributed by atoms with Crippen molar-refractivity contribution < 1.29 is 0 Å². The lowest BCUT2D eigenvalue weighted by Gasteiger charge is -2.21. The SMILES string of the molecule is c1cc2nnnn2nc1N[C@@H]1C[C@@H]1C1CCCCC1. The van der Waals surface area contributed by atoms with Crippen LogP contribution in [0.5, 0.6) is 0 Å². The van der Waals surface area contributed by atoms with E-state index in [4.69, 9.17) is 0 Å². The lowest BCUT2D eigenvalue weighted by Crippen LogP contribution is -2.15. The highest BCUT2D eigenvalue weighted by atomic mass is 15.6. The van der Waals surface area contributed by atoms with Crippen molar-refractivity contribution in [3.8, 4) is 0 Å². The average molecular weight is 258 g/mol. The average Bonchev–Trinajstić information content (AvgIpc) is 3.06. The summed E-state index contributed by atoms with van der Waals surface area (Å²) in [6.45, 7) is 0. The molecule has 100 valence electrons. The number of anilines is 1. The molecule has 0 aromatic carbocycles. The van der Waals surface area contributed by atoms with Crippen molar-refractivity contribution in [2.45, 2.75) is 44.6 Å². The quantitative estimate of drug-likeness (QED) is 0.910. The summed E-state index contributed by atoms with van der Waals surface area (Å²) in [6, 6.07) is 4.46. The van der Waals surface area contributed by atoms with Crippen LogP contribution in [-0.4, -0.2) is 31.3 Å². The van der Waals surface area contributed by atoms with Crippen molar-refractivity contribution in [3.05, 3.63) is 12.1 Å². The van der Waals surface area contributed by atoms with Crippen molar-refractivity contribution >= 4 is 11.5 Å². The molecule has 0 spiro atoms. The Morgan fingerprint density at radius 3 is 2.95 bits per heavy atom. The van der Waals surface area contributed by atoms with Crippen LogP contribution in [-0.2, 0) is 0 Å². The van der Waals surface area contributed by atoms with Crippen LogP contribution in [0.1, 0.15) is 38.5 Å². The highest BCUT2D eigenvalue weighted by Gasteiger charge is 2.43. The maximum Gasteiger partial charge on any atom is 0.200 e. The summed E-state index contributed by atoms with van der Waals surface area (Å²) < 4.78 is 1.47. The summed E-state index contributed by atoms with van der Waals surface area (Å²) in [6.07, 6.45) is 8.40. The van der Waals surface area contributed by atoms with E-state index in [1.807, 2.05) is 12.1 Å². The molecule has 2 aliphatic rings. The van der Waals surface area contributed by atoms with Crippen molar-refractivity contribution in [3.63, 3.8) is 0 Å². The minimum absolute atomic E-state index is 0.601. The number of tetrazole rings is 1. The smallest absolute Gasteiger partial charge is 0.200 e. The molecule has 2 saturated carbocycles. The van der Waals surface area contributed by atoms with E-state index in [9.17, 15) is 0 Å². The van der Waals surface area contributed by atoms with E-state index in [1.165, 1.54) is 43.2 Å². The molecule has 6 nitrogen and oxygen atoms in total. The molecule has 0 bridgehead atoms. The Hall–Kier alpha value is -1.72. The summed E-state index contributed by atoms with van der Waals surface area (Å²) in [7, 11) is 0. The highest BCUT2D eigenvalue weighted by molar-refractivity contribution is 5.43. The molecule has 2 aliphatic carbocycles. The number of hydrogen-bond donors (Lipinski definition) is 1. The third-order valence-corrected chi connectivity index (χ3v) is 4.50. The van der Waals surface area contributed by atoms with Gasteiger partial charge in [-0.1, -0.05) is 32.1 Å². The molecule has 0 aliphatic heterocycles. The fourth-order valence-corrected chi connectivity index (χ4v) is 3.38. The Morgan fingerprint density at radius 1 is 1.16 bits per heavy atom. The van der Waals surface area contributed by atoms with Crippen LogP contribution in [0.15, 0.2) is 12.1 Å². The van der Waals surface area contributed by atoms with Gasteiger partial charge in [-0.05, 0) is 40.8 Å². The Labute approximate surface area is 111 Å². The summed E-state index contributed by atoms with van der Waals surface area (Å²) in [5.41, 5.74) is 0.685. The van der Waals surface area contributed by atoms with E-state index >= 15 is 0 Å². The second-order valence-corrected chi connectivity index (χ2v) is 5.79. The topological polar surface area (TPSA) is 68.0 Å². The van der Waals surface area contributed by atoms with Gasteiger partial charge in [0, 0.05) is 6.04 Å². The van der Waals surface area contributed by atoms with Crippen molar-refractivity contribution in [2.75, 3.05) is 5.32 Å². The second kappa shape index (κ2) is 4.43. The molecule has 1 N–H and O–H groups in total. The fourth-order valence-electron chi connectivity index (χ4n) is 3.38. The van der Waals surface area contributed by atoms with E-state index in [2.05, 4.69) is 25.9 Å². The van der Waals surface area contributed by atoms with Gasteiger partial charge < -0.3 is 5.32 Å². The first-order valence-corrected chi connectivity index (χ1v) is 7.22. The van der Waals surface area contributed by atoms with Gasteiger partial charge >= 0.3 is 0 Å². The highest BCUT2D eigenvalue weighted by Crippen LogP contribution is 2.45. The Morgan fingerprint density at radius 2 is 2.05 bits per heavy atom. The lowest BCUT2D eigenvalue weighted by molar-refractivity contribution is 0.320. The first-order chi connectivity index (χ1) is 9.40. The van der Waals surface area contributed by atoms with Gasteiger partial charge in [-0.25, -0.2) is 0 Å². The van der Waals surface area contributed by atoms with Crippen LogP contribution in [0.2, 0.25) is 0 Å². The molecule has 2 atom stereocenters. The predicted octanol–water partition coefficient (Wildman–Crippen LogP) is 1.90. The van der Waals surface area contributed by atoms with Crippen LogP contribution in [0, 0.1) is 11.8 Å². The van der Waals surface area contributed by atoms with Crippen molar-refractivity contribution in [1.29, 1.82) is 0 Å². The van der Waals surface area contributed by atoms with E-state index in [-0.39, 0.29) is 0 Å². The number of rotatable bonds is 3.